The molecule has 0 aliphatic carbocycles. The molecule has 4 heterocycles. The van der Waals surface area contributed by atoms with Crippen molar-refractivity contribution in [1.82, 2.24) is 29.9 Å². The van der Waals surface area contributed by atoms with Gasteiger partial charge in [0.05, 0.1) is 18.4 Å². The summed E-state index contributed by atoms with van der Waals surface area (Å²) in [5.41, 5.74) is 2.42. The molecule has 0 atom stereocenters. The topological polar surface area (TPSA) is 66.3 Å². The SMILES string of the molecule is O=C(CN1CCc2nn(-c3ccncc3F)cc2C1)N1CCNCC1. The van der Waals surface area contributed by atoms with E-state index in [1.807, 2.05) is 11.1 Å². The number of nitrogens with zero attached hydrogens (tertiary/aromatic N) is 5. The van der Waals surface area contributed by atoms with Crippen LogP contribution in [-0.2, 0) is 17.8 Å². The minimum atomic E-state index is -0.395. The van der Waals surface area contributed by atoms with E-state index in [0.717, 1.165) is 50.4 Å². The maximum atomic E-state index is 13.9. The zero-order chi connectivity index (χ0) is 17.2. The Hall–Kier alpha value is -2.32. The van der Waals surface area contributed by atoms with Crippen LogP contribution >= 0.6 is 0 Å². The van der Waals surface area contributed by atoms with Gasteiger partial charge in [0.15, 0.2) is 5.82 Å². The molecule has 2 aromatic rings. The van der Waals surface area contributed by atoms with Crippen molar-refractivity contribution in [1.29, 1.82) is 0 Å². The highest BCUT2D eigenvalue weighted by Crippen LogP contribution is 2.20. The van der Waals surface area contributed by atoms with Gasteiger partial charge >= 0.3 is 0 Å². The maximum absolute atomic E-state index is 13.9. The Bertz CT molecular complexity index is 770. The Kier molecular flexibility index (Phi) is 4.46. The van der Waals surface area contributed by atoms with E-state index in [2.05, 4.69) is 20.3 Å². The van der Waals surface area contributed by atoms with E-state index in [4.69, 9.17) is 0 Å². The quantitative estimate of drug-likeness (QED) is 0.861. The molecule has 8 heteroatoms. The van der Waals surface area contributed by atoms with E-state index < -0.39 is 5.82 Å². The third kappa shape index (κ3) is 3.40. The van der Waals surface area contributed by atoms with Gasteiger partial charge in [-0.3, -0.25) is 14.7 Å². The molecule has 2 aliphatic heterocycles. The first-order valence-corrected chi connectivity index (χ1v) is 8.59. The fourth-order valence-electron chi connectivity index (χ4n) is 3.39. The Labute approximate surface area is 145 Å². The van der Waals surface area contributed by atoms with Crippen LogP contribution in [0.15, 0.2) is 24.7 Å². The number of carbonyl (C=O) groups excluding carboxylic acids is 1. The van der Waals surface area contributed by atoms with Gasteiger partial charge in [-0.25, -0.2) is 9.07 Å². The second kappa shape index (κ2) is 6.89. The van der Waals surface area contributed by atoms with Crippen LogP contribution in [0.1, 0.15) is 11.3 Å². The number of amides is 1. The highest BCUT2D eigenvalue weighted by Gasteiger charge is 2.24. The van der Waals surface area contributed by atoms with Gasteiger partial charge in [0.2, 0.25) is 5.91 Å². The van der Waals surface area contributed by atoms with Crippen LogP contribution in [0.25, 0.3) is 5.69 Å². The standard InChI is InChI=1S/C17H21FN6O/c18-14-9-20-3-1-16(14)24-11-13-10-22(6-2-15(13)21-24)12-17(25)23-7-4-19-5-8-23/h1,3,9,11,19H,2,4-8,10,12H2. The molecule has 7 nitrogen and oxygen atoms in total. The van der Waals surface area contributed by atoms with Crippen molar-refractivity contribution >= 4 is 5.91 Å². The lowest BCUT2D eigenvalue weighted by molar-refractivity contribution is -0.133. The molecule has 0 radical (unpaired) electrons. The Morgan fingerprint density at radius 3 is 2.92 bits per heavy atom. The smallest absolute Gasteiger partial charge is 0.236 e. The van der Waals surface area contributed by atoms with Gasteiger partial charge in [0.25, 0.3) is 0 Å². The average Bonchev–Trinajstić information content (AvgIpc) is 3.06. The molecular formula is C17H21FN6O. The second-order valence-corrected chi connectivity index (χ2v) is 6.46. The Morgan fingerprint density at radius 1 is 1.28 bits per heavy atom. The molecule has 1 amide bonds. The Morgan fingerprint density at radius 2 is 2.12 bits per heavy atom. The summed E-state index contributed by atoms with van der Waals surface area (Å²) in [5, 5.41) is 7.76. The summed E-state index contributed by atoms with van der Waals surface area (Å²) in [5.74, 6) is -0.217. The summed E-state index contributed by atoms with van der Waals surface area (Å²) in [4.78, 5) is 20.3. The summed E-state index contributed by atoms with van der Waals surface area (Å²) in [6.45, 7) is 5.16. The first-order valence-electron chi connectivity index (χ1n) is 8.59. The molecular weight excluding hydrogens is 323 g/mol. The maximum Gasteiger partial charge on any atom is 0.236 e. The van der Waals surface area contributed by atoms with Crippen molar-refractivity contribution in [2.24, 2.45) is 0 Å². The molecule has 0 bridgehead atoms. The highest BCUT2D eigenvalue weighted by molar-refractivity contribution is 5.78. The van der Waals surface area contributed by atoms with E-state index in [0.29, 0.717) is 18.8 Å². The van der Waals surface area contributed by atoms with E-state index >= 15 is 0 Å². The molecule has 4 rings (SSSR count). The first kappa shape index (κ1) is 16.2. The first-order chi connectivity index (χ1) is 12.2. The summed E-state index contributed by atoms with van der Waals surface area (Å²) in [7, 11) is 0. The van der Waals surface area contributed by atoms with Gasteiger partial charge in [-0.1, -0.05) is 0 Å². The van der Waals surface area contributed by atoms with Gasteiger partial charge in [-0.2, -0.15) is 5.10 Å². The third-order valence-corrected chi connectivity index (χ3v) is 4.76. The third-order valence-electron chi connectivity index (χ3n) is 4.76. The van der Waals surface area contributed by atoms with Crippen LogP contribution in [0, 0.1) is 5.82 Å². The van der Waals surface area contributed by atoms with Gasteiger partial charge in [0.1, 0.15) is 5.69 Å². The van der Waals surface area contributed by atoms with Gasteiger partial charge in [-0.15, -0.1) is 0 Å². The zero-order valence-corrected chi connectivity index (χ0v) is 14.0. The van der Waals surface area contributed by atoms with Crippen molar-refractivity contribution in [3.05, 3.63) is 41.7 Å². The number of hydrogen-bond acceptors (Lipinski definition) is 5. The number of aromatic nitrogens is 3. The number of pyridine rings is 1. The summed E-state index contributed by atoms with van der Waals surface area (Å²) in [6.07, 6.45) is 5.37. The lowest BCUT2D eigenvalue weighted by Crippen LogP contribution is -2.50. The lowest BCUT2D eigenvalue weighted by atomic mass is 10.1. The van der Waals surface area contributed by atoms with Crippen LogP contribution < -0.4 is 5.32 Å². The van der Waals surface area contributed by atoms with Crippen molar-refractivity contribution in [3.8, 4) is 5.69 Å². The predicted molar refractivity (Wildman–Crippen MR) is 89.7 cm³/mol. The van der Waals surface area contributed by atoms with Crippen LogP contribution in [0.5, 0.6) is 0 Å². The molecule has 0 spiro atoms. The number of nitrogens with one attached hydrogen (secondary N) is 1. The number of rotatable bonds is 3. The average molecular weight is 344 g/mol. The summed E-state index contributed by atoms with van der Waals surface area (Å²) in [6, 6.07) is 1.61. The van der Waals surface area contributed by atoms with Crippen LogP contribution in [-0.4, -0.2) is 69.7 Å². The van der Waals surface area contributed by atoms with Crippen LogP contribution in [0.3, 0.4) is 0 Å². The normalized spacial score (nSPS) is 18.2. The van der Waals surface area contributed by atoms with Gasteiger partial charge in [-0.05, 0) is 6.07 Å². The zero-order valence-electron chi connectivity index (χ0n) is 14.0. The molecule has 1 saturated heterocycles. The minimum Gasteiger partial charge on any atom is -0.339 e. The summed E-state index contributed by atoms with van der Waals surface area (Å²) >= 11 is 0. The lowest BCUT2D eigenvalue weighted by Gasteiger charge is -2.31. The van der Waals surface area contributed by atoms with Gasteiger partial charge < -0.3 is 10.2 Å². The largest absolute Gasteiger partial charge is 0.339 e. The molecule has 1 fully saturated rings. The van der Waals surface area contributed by atoms with E-state index in [-0.39, 0.29) is 5.91 Å². The van der Waals surface area contributed by atoms with Crippen molar-refractivity contribution in [3.63, 3.8) is 0 Å². The van der Waals surface area contributed by atoms with Crippen LogP contribution in [0.4, 0.5) is 4.39 Å². The van der Waals surface area contributed by atoms with Crippen LogP contribution in [0.2, 0.25) is 0 Å². The van der Waals surface area contributed by atoms with Crippen molar-refractivity contribution in [2.75, 3.05) is 39.3 Å². The highest BCUT2D eigenvalue weighted by atomic mass is 19.1. The number of halogens is 1. The molecule has 2 aromatic heterocycles. The molecule has 132 valence electrons. The number of piperazine rings is 1. The molecule has 25 heavy (non-hydrogen) atoms. The number of carbonyl (C=O) groups is 1. The predicted octanol–water partition coefficient (Wildman–Crippen LogP) is 0.196. The van der Waals surface area contributed by atoms with E-state index in [9.17, 15) is 9.18 Å². The summed E-state index contributed by atoms with van der Waals surface area (Å²) < 4.78 is 15.5. The fourth-order valence-corrected chi connectivity index (χ4v) is 3.39. The van der Waals surface area contributed by atoms with E-state index in [1.165, 1.54) is 6.20 Å². The fraction of sp³-hybridized carbons (Fsp3) is 0.471. The van der Waals surface area contributed by atoms with E-state index in [1.54, 1.807) is 16.9 Å². The van der Waals surface area contributed by atoms with Gasteiger partial charge in [0, 0.05) is 63.6 Å². The molecule has 0 unspecified atom stereocenters. The minimum absolute atomic E-state index is 0.178. The second-order valence-electron chi connectivity index (χ2n) is 6.46. The number of hydrogen-bond donors (Lipinski definition) is 1. The monoisotopic (exact) mass is 344 g/mol. The Balaban J connectivity index is 1.45. The number of fused-ring (bicyclic) bond motifs is 1. The molecule has 1 N–H and O–H groups in total. The molecule has 0 aromatic carbocycles. The molecule has 2 aliphatic rings. The molecule has 0 saturated carbocycles. The van der Waals surface area contributed by atoms with Crippen molar-refractivity contribution < 1.29 is 9.18 Å². The van der Waals surface area contributed by atoms with Crippen molar-refractivity contribution in [2.45, 2.75) is 13.0 Å².